The standard InChI is InChI=1S/C8H8F5N3/c9-7(10)4-5(15)3(1-14)2-16-6(4)8(11,12)13/h2,7H,1,14H2,(H2,15,16). The fourth-order valence-corrected chi connectivity index (χ4v) is 1.19. The van der Waals surface area contributed by atoms with Gasteiger partial charge in [0.2, 0.25) is 0 Å². The van der Waals surface area contributed by atoms with Crippen molar-refractivity contribution in [2.45, 2.75) is 19.1 Å². The molecular weight excluding hydrogens is 233 g/mol. The van der Waals surface area contributed by atoms with Crippen molar-refractivity contribution >= 4 is 5.69 Å². The summed E-state index contributed by atoms with van der Waals surface area (Å²) in [5.41, 5.74) is 6.65. The molecule has 0 amide bonds. The van der Waals surface area contributed by atoms with Crippen molar-refractivity contribution in [2.24, 2.45) is 5.73 Å². The Morgan fingerprint density at radius 2 is 1.88 bits per heavy atom. The minimum Gasteiger partial charge on any atom is -0.398 e. The van der Waals surface area contributed by atoms with Crippen LogP contribution in [-0.2, 0) is 12.7 Å². The molecule has 0 spiro atoms. The molecule has 3 nitrogen and oxygen atoms in total. The Bertz CT molecular complexity index is 388. The summed E-state index contributed by atoms with van der Waals surface area (Å²) < 4.78 is 62.0. The molecule has 0 unspecified atom stereocenters. The molecule has 8 heteroatoms. The Morgan fingerprint density at radius 3 is 2.25 bits per heavy atom. The summed E-state index contributed by atoms with van der Waals surface area (Å²) in [6, 6.07) is 0. The van der Waals surface area contributed by atoms with Gasteiger partial charge in [0, 0.05) is 24.0 Å². The van der Waals surface area contributed by atoms with E-state index in [9.17, 15) is 22.0 Å². The summed E-state index contributed by atoms with van der Waals surface area (Å²) in [5.74, 6) is 0. The molecule has 0 bridgehead atoms. The number of aromatic nitrogens is 1. The third-order valence-corrected chi connectivity index (χ3v) is 1.95. The second-order valence-electron chi connectivity index (χ2n) is 2.96. The van der Waals surface area contributed by atoms with Crippen molar-refractivity contribution in [3.05, 3.63) is 23.0 Å². The van der Waals surface area contributed by atoms with Crippen molar-refractivity contribution in [1.29, 1.82) is 0 Å². The van der Waals surface area contributed by atoms with E-state index in [2.05, 4.69) is 4.98 Å². The van der Waals surface area contributed by atoms with Crippen LogP contribution in [-0.4, -0.2) is 4.98 Å². The molecule has 0 saturated heterocycles. The highest BCUT2D eigenvalue weighted by Gasteiger charge is 2.39. The van der Waals surface area contributed by atoms with Gasteiger partial charge in [0.15, 0.2) is 5.69 Å². The van der Waals surface area contributed by atoms with Crippen molar-refractivity contribution in [2.75, 3.05) is 5.73 Å². The number of hydrogen-bond donors (Lipinski definition) is 2. The largest absolute Gasteiger partial charge is 0.433 e. The van der Waals surface area contributed by atoms with Crippen LogP contribution in [0.15, 0.2) is 6.20 Å². The molecule has 0 aliphatic carbocycles. The van der Waals surface area contributed by atoms with Gasteiger partial charge in [-0.05, 0) is 0 Å². The van der Waals surface area contributed by atoms with Gasteiger partial charge in [0.1, 0.15) is 0 Å². The maximum Gasteiger partial charge on any atom is 0.433 e. The first-order valence-electron chi connectivity index (χ1n) is 4.11. The van der Waals surface area contributed by atoms with E-state index in [4.69, 9.17) is 11.5 Å². The van der Waals surface area contributed by atoms with E-state index in [1.807, 2.05) is 0 Å². The number of nitrogen functional groups attached to an aromatic ring is 1. The van der Waals surface area contributed by atoms with E-state index in [0.717, 1.165) is 6.20 Å². The topological polar surface area (TPSA) is 64.9 Å². The summed E-state index contributed by atoms with van der Waals surface area (Å²) in [6.07, 6.45) is -7.56. The Morgan fingerprint density at radius 1 is 1.31 bits per heavy atom. The van der Waals surface area contributed by atoms with E-state index in [1.165, 1.54) is 0 Å². The smallest absolute Gasteiger partial charge is 0.398 e. The molecule has 0 atom stereocenters. The van der Waals surface area contributed by atoms with Gasteiger partial charge in [-0.1, -0.05) is 0 Å². The average Bonchev–Trinajstić information content (AvgIpc) is 2.15. The van der Waals surface area contributed by atoms with E-state index >= 15 is 0 Å². The predicted molar refractivity (Wildman–Crippen MR) is 46.5 cm³/mol. The van der Waals surface area contributed by atoms with Gasteiger partial charge in [0.05, 0.1) is 5.56 Å². The zero-order valence-electron chi connectivity index (χ0n) is 7.85. The Hall–Kier alpha value is -1.44. The van der Waals surface area contributed by atoms with Gasteiger partial charge in [-0.15, -0.1) is 0 Å². The van der Waals surface area contributed by atoms with Gasteiger partial charge in [-0.2, -0.15) is 13.2 Å². The Labute approximate surface area is 87.3 Å². The van der Waals surface area contributed by atoms with E-state index in [-0.39, 0.29) is 12.1 Å². The minimum absolute atomic E-state index is 0.0386. The fraction of sp³-hybridized carbons (Fsp3) is 0.375. The summed E-state index contributed by atoms with van der Waals surface area (Å²) in [6.45, 7) is -0.253. The average molecular weight is 241 g/mol. The molecule has 1 aromatic rings. The highest BCUT2D eigenvalue weighted by atomic mass is 19.4. The molecule has 0 radical (unpaired) electrons. The van der Waals surface area contributed by atoms with E-state index in [0.29, 0.717) is 0 Å². The van der Waals surface area contributed by atoms with Gasteiger partial charge >= 0.3 is 6.18 Å². The molecule has 0 aliphatic rings. The van der Waals surface area contributed by atoms with Crippen LogP contribution < -0.4 is 11.5 Å². The van der Waals surface area contributed by atoms with Crippen LogP contribution in [0.2, 0.25) is 0 Å². The second kappa shape index (κ2) is 4.20. The quantitative estimate of drug-likeness (QED) is 0.779. The molecule has 0 saturated carbocycles. The maximum absolute atomic E-state index is 12.5. The molecule has 1 heterocycles. The van der Waals surface area contributed by atoms with Crippen molar-refractivity contribution in [3.8, 4) is 0 Å². The van der Waals surface area contributed by atoms with Crippen LogP contribution in [0.1, 0.15) is 23.2 Å². The Balaban J connectivity index is 3.47. The zero-order valence-corrected chi connectivity index (χ0v) is 7.85. The highest BCUT2D eigenvalue weighted by molar-refractivity contribution is 5.55. The lowest BCUT2D eigenvalue weighted by atomic mass is 10.1. The number of pyridine rings is 1. The maximum atomic E-state index is 12.5. The lowest BCUT2D eigenvalue weighted by molar-refractivity contribution is -0.143. The molecule has 0 aromatic carbocycles. The number of hydrogen-bond acceptors (Lipinski definition) is 3. The van der Waals surface area contributed by atoms with Crippen LogP contribution in [0.25, 0.3) is 0 Å². The van der Waals surface area contributed by atoms with Crippen LogP contribution in [0.3, 0.4) is 0 Å². The normalized spacial score (nSPS) is 12.2. The predicted octanol–water partition coefficient (Wildman–Crippen LogP) is 2.08. The Kier molecular flexibility index (Phi) is 3.32. The molecule has 1 rings (SSSR count). The van der Waals surface area contributed by atoms with Gasteiger partial charge in [-0.3, -0.25) is 4.98 Å². The summed E-state index contributed by atoms with van der Waals surface area (Å²) in [7, 11) is 0. The van der Waals surface area contributed by atoms with Gasteiger partial charge in [0.25, 0.3) is 6.43 Å². The molecule has 1 aromatic heterocycles. The number of nitrogens with two attached hydrogens (primary N) is 2. The summed E-state index contributed by atoms with van der Waals surface area (Å²) >= 11 is 0. The highest BCUT2D eigenvalue weighted by Crippen LogP contribution is 2.38. The molecule has 90 valence electrons. The lowest BCUT2D eigenvalue weighted by Crippen LogP contribution is -2.16. The molecule has 16 heavy (non-hydrogen) atoms. The van der Waals surface area contributed by atoms with Crippen molar-refractivity contribution in [3.63, 3.8) is 0 Å². The molecule has 0 aliphatic heterocycles. The number of alkyl halides is 5. The van der Waals surface area contributed by atoms with Crippen LogP contribution in [0.5, 0.6) is 0 Å². The van der Waals surface area contributed by atoms with Gasteiger partial charge < -0.3 is 11.5 Å². The third-order valence-electron chi connectivity index (χ3n) is 1.95. The fourth-order valence-electron chi connectivity index (χ4n) is 1.19. The first-order valence-corrected chi connectivity index (χ1v) is 4.11. The molecule has 0 fully saturated rings. The summed E-state index contributed by atoms with van der Waals surface area (Å²) in [4.78, 5) is 2.94. The summed E-state index contributed by atoms with van der Waals surface area (Å²) in [5, 5.41) is 0. The number of anilines is 1. The first kappa shape index (κ1) is 12.6. The number of halogens is 5. The van der Waals surface area contributed by atoms with Crippen molar-refractivity contribution < 1.29 is 22.0 Å². The zero-order chi connectivity index (χ0) is 12.5. The van der Waals surface area contributed by atoms with E-state index in [1.54, 1.807) is 0 Å². The number of rotatable bonds is 2. The minimum atomic E-state index is -4.97. The lowest BCUT2D eigenvalue weighted by Gasteiger charge is -2.15. The van der Waals surface area contributed by atoms with Crippen molar-refractivity contribution in [1.82, 2.24) is 4.98 Å². The van der Waals surface area contributed by atoms with Crippen LogP contribution in [0, 0.1) is 0 Å². The van der Waals surface area contributed by atoms with Gasteiger partial charge in [-0.25, -0.2) is 8.78 Å². The monoisotopic (exact) mass is 241 g/mol. The molecular formula is C8H8F5N3. The third kappa shape index (κ3) is 2.21. The molecule has 4 N–H and O–H groups in total. The number of nitrogens with zero attached hydrogens (tertiary/aromatic N) is 1. The van der Waals surface area contributed by atoms with E-state index < -0.39 is 29.5 Å². The first-order chi connectivity index (χ1) is 7.29. The SMILES string of the molecule is NCc1cnc(C(F)(F)F)c(C(F)F)c1N. The van der Waals surface area contributed by atoms with Crippen LogP contribution in [0.4, 0.5) is 27.6 Å². The van der Waals surface area contributed by atoms with Crippen LogP contribution >= 0.6 is 0 Å². The second-order valence-corrected chi connectivity index (χ2v) is 2.96.